The predicted octanol–water partition coefficient (Wildman–Crippen LogP) is 5.02. The minimum atomic E-state index is -0.277. The molecule has 0 unspecified atom stereocenters. The van der Waals surface area contributed by atoms with E-state index in [2.05, 4.69) is 16.4 Å². The van der Waals surface area contributed by atoms with E-state index in [-0.39, 0.29) is 5.91 Å². The van der Waals surface area contributed by atoms with E-state index in [0.29, 0.717) is 34.2 Å². The van der Waals surface area contributed by atoms with Crippen molar-refractivity contribution in [2.24, 2.45) is 4.99 Å². The van der Waals surface area contributed by atoms with Gasteiger partial charge in [0.25, 0.3) is 5.91 Å². The molecule has 0 atom stereocenters. The molecule has 7 heteroatoms. The van der Waals surface area contributed by atoms with Gasteiger partial charge in [-0.15, -0.1) is 11.3 Å². The summed E-state index contributed by atoms with van der Waals surface area (Å²) in [4.78, 5) is 18.5. The largest absolute Gasteiger partial charge is 0.337 e. The monoisotopic (exact) mass is 394 g/mol. The Labute approximate surface area is 165 Å². The van der Waals surface area contributed by atoms with E-state index < -0.39 is 0 Å². The molecular formula is C20H15ClN4OS. The number of benzene rings is 1. The van der Waals surface area contributed by atoms with Gasteiger partial charge in [-0.3, -0.25) is 9.79 Å². The third-order valence-electron chi connectivity index (χ3n) is 4.43. The number of amides is 1. The molecule has 0 spiro atoms. The number of hydrogen-bond acceptors (Lipinski definition) is 4. The van der Waals surface area contributed by atoms with Crippen molar-refractivity contribution in [1.82, 2.24) is 4.57 Å². The van der Waals surface area contributed by atoms with Crippen LogP contribution in [0.25, 0.3) is 0 Å². The molecule has 1 N–H and O–H groups in total. The van der Waals surface area contributed by atoms with E-state index in [0.717, 1.165) is 23.4 Å². The number of carbonyl (C=O) groups is 1. The highest BCUT2D eigenvalue weighted by Gasteiger charge is 2.29. The molecule has 3 aromatic rings. The van der Waals surface area contributed by atoms with Crippen LogP contribution in [-0.2, 0) is 13.0 Å². The van der Waals surface area contributed by atoms with E-state index in [1.165, 1.54) is 0 Å². The Morgan fingerprint density at radius 3 is 2.85 bits per heavy atom. The molecule has 0 bridgehead atoms. The standard InChI is InChI=1S/C20H15ClN4OS/c21-13-5-7-14(8-6-13)24-20(26)19-18(23-12-15-3-2-10-27-15)16(11-22)17-4-1-9-25(17)19/h2-3,5-8,10,12H,1,4,9H2,(H,24,26). The molecule has 0 fully saturated rings. The van der Waals surface area contributed by atoms with Crippen LogP contribution >= 0.6 is 22.9 Å². The predicted molar refractivity (Wildman–Crippen MR) is 108 cm³/mol. The fraction of sp³-hybridized carbons (Fsp3) is 0.150. The number of halogens is 1. The van der Waals surface area contributed by atoms with E-state index in [4.69, 9.17) is 11.6 Å². The van der Waals surface area contributed by atoms with Crippen LogP contribution in [0.3, 0.4) is 0 Å². The number of nitrogens with zero attached hydrogens (tertiary/aromatic N) is 3. The zero-order chi connectivity index (χ0) is 18.8. The average Bonchev–Trinajstić information content (AvgIpc) is 3.38. The maximum atomic E-state index is 13.0. The first-order chi connectivity index (χ1) is 13.2. The Morgan fingerprint density at radius 1 is 1.33 bits per heavy atom. The number of anilines is 1. The van der Waals surface area contributed by atoms with Gasteiger partial charge in [-0.25, -0.2) is 0 Å². The van der Waals surface area contributed by atoms with Gasteiger partial charge in [0.15, 0.2) is 0 Å². The highest BCUT2D eigenvalue weighted by atomic mass is 35.5. The number of nitriles is 1. The van der Waals surface area contributed by atoms with Gasteiger partial charge in [-0.2, -0.15) is 5.26 Å². The minimum absolute atomic E-state index is 0.277. The molecule has 0 saturated heterocycles. The molecule has 0 aliphatic carbocycles. The highest BCUT2D eigenvalue weighted by Crippen LogP contribution is 2.35. The molecule has 0 radical (unpaired) electrons. The first-order valence-electron chi connectivity index (χ1n) is 8.47. The summed E-state index contributed by atoms with van der Waals surface area (Å²) in [6, 6.07) is 13.0. The summed E-state index contributed by atoms with van der Waals surface area (Å²) in [6.07, 6.45) is 3.40. The number of aromatic nitrogens is 1. The first kappa shape index (κ1) is 17.5. The number of fused-ring (bicyclic) bond motifs is 1. The van der Waals surface area contributed by atoms with Crippen LogP contribution in [-0.4, -0.2) is 16.7 Å². The number of hydrogen-bond donors (Lipinski definition) is 1. The van der Waals surface area contributed by atoms with Crippen LogP contribution in [0.5, 0.6) is 0 Å². The molecule has 1 aliphatic heterocycles. The van der Waals surface area contributed by atoms with Gasteiger partial charge in [-0.05, 0) is 48.6 Å². The molecule has 1 amide bonds. The summed E-state index contributed by atoms with van der Waals surface area (Å²) >= 11 is 7.46. The Hall–Kier alpha value is -2.88. The smallest absolute Gasteiger partial charge is 0.274 e. The Bertz CT molecular complexity index is 1060. The molecule has 0 saturated carbocycles. The lowest BCUT2D eigenvalue weighted by Crippen LogP contribution is -2.16. The highest BCUT2D eigenvalue weighted by molar-refractivity contribution is 7.11. The fourth-order valence-corrected chi connectivity index (χ4v) is 3.96. The molecule has 1 aromatic carbocycles. The zero-order valence-electron chi connectivity index (χ0n) is 14.3. The normalized spacial score (nSPS) is 12.9. The van der Waals surface area contributed by atoms with Gasteiger partial charge in [0.2, 0.25) is 0 Å². The second kappa shape index (κ2) is 7.39. The molecule has 27 heavy (non-hydrogen) atoms. The summed E-state index contributed by atoms with van der Waals surface area (Å²) in [7, 11) is 0. The SMILES string of the molecule is N#Cc1c(N=Cc2cccs2)c(C(=O)Nc2ccc(Cl)cc2)n2c1CCC2. The van der Waals surface area contributed by atoms with E-state index >= 15 is 0 Å². The second-order valence-corrected chi connectivity index (χ2v) is 7.54. The van der Waals surface area contributed by atoms with Crippen LogP contribution < -0.4 is 5.32 Å². The van der Waals surface area contributed by atoms with Crippen molar-refractivity contribution in [2.75, 3.05) is 5.32 Å². The number of carbonyl (C=O) groups excluding carboxylic acids is 1. The second-order valence-electron chi connectivity index (χ2n) is 6.12. The quantitative estimate of drug-likeness (QED) is 0.631. The van der Waals surface area contributed by atoms with Crippen molar-refractivity contribution >= 4 is 46.4 Å². The van der Waals surface area contributed by atoms with Gasteiger partial charge < -0.3 is 9.88 Å². The zero-order valence-corrected chi connectivity index (χ0v) is 15.8. The molecular weight excluding hydrogens is 380 g/mol. The summed E-state index contributed by atoms with van der Waals surface area (Å²) in [5.41, 5.74) is 2.89. The topological polar surface area (TPSA) is 70.2 Å². The van der Waals surface area contributed by atoms with Crippen molar-refractivity contribution in [3.8, 4) is 6.07 Å². The number of rotatable bonds is 4. The lowest BCUT2D eigenvalue weighted by atomic mass is 10.1. The maximum Gasteiger partial charge on any atom is 0.274 e. The van der Waals surface area contributed by atoms with Crippen molar-refractivity contribution < 1.29 is 4.79 Å². The Kier molecular flexibility index (Phi) is 4.80. The van der Waals surface area contributed by atoms with Crippen LogP contribution in [0.1, 0.15) is 33.0 Å². The summed E-state index contributed by atoms with van der Waals surface area (Å²) < 4.78 is 1.92. The van der Waals surface area contributed by atoms with E-state index in [1.54, 1.807) is 41.8 Å². The number of thiophene rings is 1. The van der Waals surface area contributed by atoms with Gasteiger partial charge in [0.1, 0.15) is 17.5 Å². The van der Waals surface area contributed by atoms with E-state index in [1.807, 2.05) is 22.1 Å². The third kappa shape index (κ3) is 3.39. The van der Waals surface area contributed by atoms with Crippen LogP contribution in [0.15, 0.2) is 46.8 Å². The summed E-state index contributed by atoms with van der Waals surface area (Å²) in [6.45, 7) is 0.710. The first-order valence-corrected chi connectivity index (χ1v) is 9.73. The van der Waals surface area contributed by atoms with Crippen molar-refractivity contribution in [3.05, 3.63) is 68.6 Å². The fourth-order valence-electron chi connectivity index (χ4n) is 3.25. The minimum Gasteiger partial charge on any atom is -0.337 e. The Balaban J connectivity index is 1.75. The van der Waals surface area contributed by atoms with Crippen LogP contribution in [0, 0.1) is 11.3 Å². The molecule has 5 nitrogen and oxygen atoms in total. The molecule has 3 heterocycles. The van der Waals surface area contributed by atoms with Crippen LogP contribution in [0.2, 0.25) is 5.02 Å². The van der Waals surface area contributed by atoms with Gasteiger partial charge in [-0.1, -0.05) is 17.7 Å². The summed E-state index contributed by atoms with van der Waals surface area (Å²) in [5, 5.41) is 15.1. The van der Waals surface area contributed by atoms with E-state index in [9.17, 15) is 10.1 Å². The third-order valence-corrected chi connectivity index (χ3v) is 5.49. The van der Waals surface area contributed by atoms with Gasteiger partial charge >= 0.3 is 0 Å². The maximum absolute atomic E-state index is 13.0. The molecule has 2 aromatic heterocycles. The summed E-state index contributed by atoms with van der Waals surface area (Å²) in [5.74, 6) is -0.277. The number of nitrogens with one attached hydrogen (secondary N) is 1. The average molecular weight is 395 g/mol. The van der Waals surface area contributed by atoms with Crippen LogP contribution in [0.4, 0.5) is 11.4 Å². The number of aliphatic imine (C=N–C) groups is 1. The lowest BCUT2D eigenvalue weighted by Gasteiger charge is -2.09. The molecule has 4 rings (SSSR count). The molecule has 1 aliphatic rings. The molecule has 134 valence electrons. The van der Waals surface area contributed by atoms with Crippen molar-refractivity contribution in [2.45, 2.75) is 19.4 Å². The van der Waals surface area contributed by atoms with Gasteiger partial charge in [0, 0.05) is 34.0 Å². The lowest BCUT2D eigenvalue weighted by molar-refractivity contribution is 0.101. The van der Waals surface area contributed by atoms with Crippen molar-refractivity contribution in [1.29, 1.82) is 5.26 Å². The van der Waals surface area contributed by atoms with Crippen molar-refractivity contribution in [3.63, 3.8) is 0 Å². The van der Waals surface area contributed by atoms with Gasteiger partial charge in [0.05, 0.1) is 5.56 Å². The Morgan fingerprint density at radius 2 is 2.15 bits per heavy atom.